The average Bonchev–Trinajstić information content (AvgIpc) is 2.71. The maximum Gasteiger partial charge on any atom is 0.274 e. The highest BCUT2D eigenvalue weighted by atomic mass is 16.5. The van der Waals surface area contributed by atoms with Crippen LogP contribution in [0.1, 0.15) is 33.3 Å². The van der Waals surface area contributed by atoms with Crippen LogP contribution in [0.2, 0.25) is 0 Å². The smallest absolute Gasteiger partial charge is 0.274 e. The van der Waals surface area contributed by atoms with Gasteiger partial charge in [0, 0.05) is 17.4 Å². The number of carbonyl (C=O) groups excluding carboxylic acids is 2. The monoisotopic (exact) mass is 375 g/mol. The second kappa shape index (κ2) is 8.81. The van der Waals surface area contributed by atoms with Crippen molar-refractivity contribution in [2.75, 3.05) is 17.2 Å². The van der Waals surface area contributed by atoms with Crippen LogP contribution in [0, 0.1) is 6.92 Å². The fraction of sp³-hybridized carbons (Fsp3) is 0.136. The molecule has 0 saturated heterocycles. The average molecular weight is 375 g/mol. The van der Waals surface area contributed by atoms with E-state index in [4.69, 9.17) is 4.74 Å². The van der Waals surface area contributed by atoms with Gasteiger partial charge in [-0.05, 0) is 50.2 Å². The molecule has 0 radical (unpaired) electrons. The number of nitrogens with one attached hydrogen (secondary N) is 2. The molecule has 2 aromatic carbocycles. The van der Waals surface area contributed by atoms with Crippen molar-refractivity contribution in [2.24, 2.45) is 0 Å². The molecule has 0 fully saturated rings. The SMILES string of the molecule is CCOc1ccccc1NC(=O)c1cc(C(=O)Nc2ccc(C)cc2)ccn1. The Balaban J connectivity index is 1.74. The predicted octanol–water partition coefficient (Wildman–Crippen LogP) is 4.29. The zero-order valence-corrected chi connectivity index (χ0v) is 15.7. The molecule has 6 nitrogen and oxygen atoms in total. The zero-order valence-electron chi connectivity index (χ0n) is 15.7. The van der Waals surface area contributed by atoms with Gasteiger partial charge >= 0.3 is 0 Å². The van der Waals surface area contributed by atoms with Crippen molar-refractivity contribution in [2.45, 2.75) is 13.8 Å². The summed E-state index contributed by atoms with van der Waals surface area (Å²) in [7, 11) is 0. The third-order valence-electron chi connectivity index (χ3n) is 4.00. The first kappa shape index (κ1) is 19.1. The van der Waals surface area contributed by atoms with Crippen LogP contribution in [0.15, 0.2) is 66.9 Å². The van der Waals surface area contributed by atoms with Crippen molar-refractivity contribution in [3.05, 3.63) is 83.7 Å². The van der Waals surface area contributed by atoms with Crippen LogP contribution >= 0.6 is 0 Å². The van der Waals surface area contributed by atoms with E-state index in [-0.39, 0.29) is 11.6 Å². The number of nitrogens with zero attached hydrogens (tertiary/aromatic N) is 1. The van der Waals surface area contributed by atoms with Gasteiger partial charge in [-0.25, -0.2) is 0 Å². The summed E-state index contributed by atoms with van der Waals surface area (Å²) < 4.78 is 5.51. The summed E-state index contributed by atoms with van der Waals surface area (Å²) >= 11 is 0. The number of pyridine rings is 1. The van der Waals surface area contributed by atoms with Crippen LogP contribution in [-0.4, -0.2) is 23.4 Å². The summed E-state index contributed by atoms with van der Waals surface area (Å²) in [4.78, 5) is 29.1. The topological polar surface area (TPSA) is 80.3 Å². The number of hydrogen-bond acceptors (Lipinski definition) is 4. The van der Waals surface area contributed by atoms with E-state index in [1.807, 2.05) is 44.2 Å². The molecule has 2 amide bonds. The Morgan fingerprint density at radius 1 is 0.964 bits per heavy atom. The van der Waals surface area contributed by atoms with Crippen LogP contribution in [0.25, 0.3) is 0 Å². The third kappa shape index (κ3) is 4.73. The van der Waals surface area contributed by atoms with E-state index in [0.717, 1.165) is 5.56 Å². The van der Waals surface area contributed by atoms with Crippen LogP contribution in [0.5, 0.6) is 5.75 Å². The first-order chi connectivity index (χ1) is 13.6. The van der Waals surface area contributed by atoms with E-state index >= 15 is 0 Å². The summed E-state index contributed by atoms with van der Waals surface area (Å²) in [6.45, 7) is 4.33. The maximum atomic E-state index is 12.6. The normalized spacial score (nSPS) is 10.2. The Kier molecular flexibility index (Phi) is 6.01. The molecule has 0 aliphatic rings. The molecule has 2 N–H and O–H groups in total. The Labute approximate surface area is 163 Å². The van der Waals surface area contributed by atoms with Gasteiger partial charge in [-0.15, -0.1) is 0 Å². The van der Waals surface area contributed by atoms with E-state index < -0.39 is 5.91 Å². The minimum absolute atomic E-state index is 0.142. The molecule has 1 aromatic heterocycles. The zero-order chi connectivity index (χ0) is 19.9. The minimum atomic E-state index is -0.419. The predicted molar refractivity (Wildman–Crippen MR) is 109 cm³/mol. The molecule has 0 spiro atoms. The Morgan fingerprint density at radius 2 is 1.71 bits per heavy atom. The molecule has 1 heterocycles. The van der Waals surface area contributed by atoms with Crippen molar-refractivity contribution in [1.29, 1.82) is 0 Å². The van der Waals surface area contributed by atoms with Gasteiger partial charge in [-0.1, -0.05) is 29.8 Å². The molecular weight excluding hydrogens is 354 g/mol. The lowest BCUT2D eigenvalue weighted by Crippen LogP contribution is -2.17. The highest BCUT2D eigenvalue weighted by molar-refractivity contribution is 6.08. The van der Waals surface area contributed by atoms with Gasteiger partial charge < -0.3 is 15.4 Å². The van der Waals surface area contributed by atoms with Crippen LogP contribution < -0.4 is 15.4 Å². The molecule has 0 saturated carbocycles. The molecule has 0 aliphatic heterocycles. The van der Waals surface area contributed by atoms with Crippen LogP contribution in [-0.2, 0) is 0 Å². The lowest BCUT2D eigenvalue weighted by Gasteiger charge is -2.11. The molecule has 3 rings (SSSR count). The largest absolute Gasteiger partial charge is 0.492 e. The van der Waals surface area contributed by atoms with Gasteiger partial charge in [0.25, 0.3) is 11.8 Å². The van der Waals surface area contributed by atoms with E-state index in [0.29, 0.717) is 29.3 Å². The molecule has 0 bridgehead atoms. The van der Waals surface area contributed by atoms with Crippen LogP contribution in [0.4, 0.5) is 11.4 Å². The Bertz CT molecular complexity index is 984. The second-order valence-electron chi connectivity index (χ2n) is 6.13. The fourth-order valence-electron chi connectivity index (χ4n) is 2.57. The number of benzene rings is 2. The number of amides is 2. The Morgan fingerprint density at radius 3 is 2.46 bits per heavy atom. The number of aryl methyl sites for hydroxylation is 1. The standard InChI is InChI=1S/C22H21N3O3/c1-3-28-20-7-5-4-6-18(20)25-22(27)19-14-16(12-13-23-19)21(26)24-17-10-8-15(2)9-11-17/h4-14H,3H2,1-2H3,(H,24,26)(H,25,27). The third-order valence-corrected chi connectivity index (χ3v) is 4.00. The van der Waals surface area contributed by atoms with Gasteiger partial charge in [0.2, 0.25) is 0 Å². The van der Waals surface area contributed by atoms with Crippen molar-refractivity contribution >= 4 is 23.2 Å². The van der Waals surface area contributed by atoms with E-state index in [1.165, 1.54) is 12.3 Å². The van der Waals surface area contributed by atoms with E-state index in [2.05, 4.69) is 15.6 Å². The molecule has 0 unspecified atom stereocenters. The van der Waals surface area contributed by atoms with E-state index in [9.17, 15) is 9.59 Å². The van der Waals surface area contributed by atoms with Gasteiger partial charge in [0.05, 0.1) is 12.3 Å². The molecule has 142 valence electrons. The molecule has 28 heavy (non-hydrogen) atoms. The summed E-state index contributed by atoms with van der Waals surface area (Å²) in [5.41, 5.74) is 2.82. The summed E-state index contributed by atoms with van der Waals surface area (Å²) in [6.07, 6.45) is 1.44. The minimum Gasteiger partial charge on any atom is -0.492 e. The number of rotatable bonds is 6. The number of para-hydroxylation sites is 2. The second-order valence-corrected chi connectivity index (χ2v) is 6.13. The van der Waals surface area contributed by atoms with Gasteiger partial charge in [0.15, 0.2) is 0 Å². The van der Waals surface area contributed by atoms with Gasteiger partial charge in [0.1, 0.15) is 11.4 Å². The first-order valence-electron chi connectivity index (χ1n) is 8.94. The van der Waals surface area contributed by atoms with Crippen molar-refractivity contribution in [3.8, 4) is 5.75 Å². The van der Waals surface area contributed by atoms with Crippen LogP contribution in [0.3, 0.4) is 0 Å². The first-order valence-corrected chi connectivity index (χ1v) is 8.94. The molecule has 6 heteroatoms. The molecule has 0 atom stereocenters. The van der Waals surface area contributed by atoms with E-state index in [1.54, 1.807) is 24.3 Å². The highest BCUT2D eigenvalue weighted by Gasteiger charge is 2.14. The highest BCUT2D eigenvalue weighted by Crippen LogP contribution is 2.24. The summed E-state index contributed by atoms with van der Waals surface area (Å²) in [5, 5.41) is 5.58. The van der Waals surface area contributed by atoms with Gasteiger partial charge in [-0.3, -0.25) is 14.6 Å². The lowest BCUT2D eigenvalue weighted by molar-refractivity contribution is 0.102. The fourth-order valence-corrected chi connectivity index (χ4v) is 2.57. The molecule has 3 aromatic rings. The summed E-state index contributed by atoms with van der Waals surface area (Å²) in [6, 6.07) is 17.7. The molecule has 0 aliphatic carbocycles. The number of hydrogen-bond donors (Lipinski definition) is 2. The number of carbonyl (C=O) groups is 2. The van der Waals surface area contributed by atoms with Crippen molar-refractivity contribution in [3.63, 3.8) is 0 Å². The quantitative estimate of drug-likeness (QED) is 0.673. The molecular formula is C22H21N3O3. The maximum absolute atomic E-state index is 12.6. The summed E-state index contributed by atoms with van der Waals surface area (Å²) in [5.74, 6) is -0.154. The van der Waals surface area contributed by atoms with Gasteiger partial charge in [-0.2, -0.15) is 0 Å². The number of ether oxygens (including phenoxy) is 1. The van der Waals surface area contributed by atoms with Crippen molar-refractivity contribution < 1.29 is 14.3 Å². The van der Waals surface area contributed by atoms with Crippen molar-refractivity contribution in [1.82, 2.24) is 4.98 Å². The number of anilines is 2. The Hall–Kier alpha value is -3.67. The number of aromatic nitrogens is 1. The lowest BCUT2D eigenvalue weighted by atomic mass is 10.2.